The van der Waals surface area contributed by atoms with E-state index < -0.39 is 0 Å². The first-order chi connectivity index (χ1) is 15.1. The molecule has 1 aromatic heterocycles. The van der Waals surface area contributed by atoms with E-state index in [-0.39, 0.29) is 5.43 Å². The van der Waals surface area contributed by atoms with Crippen LogP contribution in [0.1, 0.15) is 39.5 Å². The first kappa shape index (κ1) is 22.7. The fourth-order valence-electron chi connectivity index (χ4n) is 4.20. The summed E-state index contributed by atoms with van der Waals surface area (Å²) >= 11 is 0. The number of hydrogen-bond acceptors (Lipinski definition) is 4. The van der Waals surface area contributed by atoms with Crippen LogP contribution in [0.3, 0.4) is 0 Å². The predicted molar refractivity (Wildman–Crippen MR) is 127 cm³/mol. The van der Waals surface area contributed by atoms with Crippen LogP contribution in [0.25, 0.3) is 22.2 Å². The topological polar surface area (TPSA) is 49.7 Å². The zero-order chi connectivity index (χ0) is 22.4. The van der Waals surface area contributed by atoms with E-state index >= 15 is 0 Å². The number of fused-ring (bicyclic) bond motifs is 1. The standard InChI is InChI=1S/C26H33NO4/c1-6-8-12-18(7-2)17-27-21-15-20(29-3)16-22(30-4)23(21)25(28)26(31-5)24(27)19-13-10-9-11-14-19/h9-11,13-16,18H,6-8,12,17H2,1-5H3. The molecule has 0 saturated heterocycles. The molecule has 166 valence electrons. The van der Waals surface area contributed by atoms with Gasteiger partial charge in [0.25, 0.3) is 0 Å². The predicted octanol–water partition coefficient (Wildman–Crippen LogP) is 5.91. The Kier molecular flexibility index (Phi) is 7.61. The number of nitrogens with zero attached hydrogens (tertiary/aromatic N) is 1. The van der Waals surface area contributed by atoms with Crippen molar-refractivity contribution in [3.05, 3.63) is 52.7 Å². The largest absolute Gasteiger partial charge is 0.497 e. The van der Waals surface area contributed by atoms with E-state index in [9.17, 15) is 4.79 Å². The normalized spacial score (nSPS) is 12.0. The molecule has 3 aromatic rings. The van der Waals surface area contributed by atoms with Crippen LogP contribution in [0.15, 0.2) is 47.3 Å². The van der Waals surface area contributed by atoms with Crippen LogP contribution in [-0.2, 0) is 6.54 Å². The molecule has 1 atom stereocenters. The smallest absolute Gasteiger partial charge is 0.235 e. The molecular weight excluding hydrogens is 390 g/mol. The SMILES string of the molecule is CCCCC(CC)Cn1c(-c2ccccc2)c(OC)c(=O)c2c(OC)cc(OC)cc21. The van der Waals surface area contributed by atoms with E-state index in [1.54, 1.807) is 27.4 Å². The van der Waals surface area contributed by atoms with Crippen molar-refractivity contribution in [2.75, 3.05) is 21.3 Å². The van der Waals surface area contributed by atoms with Gasteiger partial charge < -0.3 is 18.8 Å². The van der Waals surface area contributed by atoms with Crippen LogP contribution in [0.5, 0.6) is 17.2 Å². The van der Waals surface area contributed by atoms with Gasteiger partial charge in [0.2, 0.25) is 5.43 Å². The highest BCUT2D eigenvalue weighted by Crippen LogP contribution is 2.37. The molecule has 31 heavy (non-hydrogen) atoms. The molecule has 0 spiro atoms. The lowest BCUT2D eigenvalue weighted by atomic mass is 9.97. The van der Waals surface area contributed by atoms with E-state index in [1.807, 2.05) is 36.4 Å². The Balaban J connectivity index is 2.42. The fraction of sp³-hybridized carbons (Fsp3) is 0.423. The number of rotatable bonds is 10. The van der Waals surface area contributed by atoms with E-state index in [0.29, 0.717) is 28.6 Å². The Morgan fingerprint density at radius 2 is 1.71 bits per heavy atom. The van der Waals surface area contributed by atoms with E-state index in [4.69, 9.17) is 14.2 Å². The van der Waals surface area contributed by atoms with Crippen molar-refractivity contribution in [3.8, 4) is 28.5 Å². The summed E-state index contributed by atoms with van der Waals surface area (Å²) in [5.41, 5.74) is 2.38. The molecule has 0 bridgehead atoms. The average Bonchev–Trinajstić information content (AvgIpc) is 2.82. The molecule has 0 aliphatic rings. The fourth-order valence-corrected chi connectivity index (χ4v) is 4.20. The van der Waals surface area contributed by atoms with Gasteiger partial charge in [0, 0.05) is 24.2 Å². The molecule has 0 amide bonds. The molecule has 5 nitrogen and oxygen atoms in total. The summed E-state index contributed by atoms with van der Waals surface area (Å²) in [5, 5.41) is 0.519. The number of methoxy groups -OCH3 is 3. The lowest BCUT2D eigenvalue weighted by Gasteiger charge is -2.25. The third kappa shape index (κ3) is 4.55. The van der Waals surface area contributed by atoms with Gasteiger partial charge in [0.05, 0.1) is 37.9 Å². The van der Waals surface area contributed by atoms with Gasteiger partial charge in [-0.2, -0.15) is 0 Å². The van der Waals surface area contributed by atoms with Gasteiger partial charge in [-0.1, -0.05) is 63.4 Å². The van der Waals surface area contributed by atoms with Crippen molar-refractivity contribution in [2.45, 2.75) is 46.1 Å². The molecule has 1 heterocycles. The maximum Gasteiger partial charge on any atom is 0.235 e. The van der Waals surface area contributed by atoms with Crippen molar-refractivity contribution in [1.82, 2.24) is 4.57 Å². The first-order valence-electron chi connectivity index (χ1n) is 11.0. The molecule has 1 unspecified atom stereocenters. The zero-order valence-electron chi connectivity index (χ0n) is 19.2. The summed E-state index contributed by atoms with van der Waals surface area (Å²) < 4.78 is 19.1. The van der Waals surface area contributed by atoms with Crippen molar-refractivity contribution in [1.29, 1.82) is 0 Å². The molecule has 3 rings (SSSR count). The molecule has 5 heteroatoms. The second kappa shape index (κ2) is 10.4. The molecule has 0 N–H and O–H groups in total. The van der Waals surface area contributed by atoms with Crippen LogP contribution in [-0.4, -0.2) is 25.9 Å². The van der Waals surface area contributed by atoms with Crippen molar-refractivity contribution < 1.29 is 14.2 Å². The van der Waals surface area contributed by atoms with Gasteiger partial charge in [0.1, 0.15) is 11.5 Å². The van der Waals surface area contributed by atoms with Crippen molar-refractivity contribution in [3.63, 3.8) is 0 Å². The van der Waals surface area contributed by atoms with E-state index in [1.165, 1.54) is 6.42 Å². The lowest BCUT2D eigenvalue weighted by molar-refractivity contribution is 0.380. The number of hydrogen-bond donors (Lipinski definition) is 0. The highest BCUT2D eigenvalue weighted by Gasteiger charge is 2.24. The number of ether oxygens (including phenoxy) is 3. The van der Waals surface area contributed by atoms with Gasteiger partial charge in [-0.05, 0) is 12.3 Å². The van der Waals surface area contributed by atoms with Crippen LogP contribution in [0.4, 0.5) is 0 Å². The third-order valence-corrected chi connectivity index (χ3v) is 5.95. The Bertz CT molecular complexity index is 1070. The maximum absolute atomic E-state index is 13.6. The van der Waals surface area contributed by atoms with Crippen LogP contribution < -0.4 is 19.6 Å². The van der Waals surface area contributed by atoms with E-state index in [2.05, 4.69) is 18.4 Å². The Morgan fingerprint density at radius 1 is 0.968 bits per heavy atom. The van der Waals surface area contributed by atoms with Crippen LogP contribution in [0, 0.1) is 5.92 Å². The van der Waals surface area contributed by atoms with E-state index in [0.717, 1.165) is 42.6 Å². The number of pyridine rings is 1. The number of unbranched alkanes of at least 4 members (excludes halogenated alkanes) is 1. The monoisotopic (exact) mass is 423 g/mol. The summed E-state index contributed by atoms with van der Waals surface area (Å²) in [6.45, 7) is 5.23. The summed E-state index contributed by atoms with van der Waals surface area (Å²) in [5.74, 6) is 1.97. The summed E-state index contributed by atoms with van der Waals surface area (Å²) in [7, 11) is 4.76. The van der Waals surface area contributed by atoms with Crippen LogP contribution in [0.2, 0.25) is 0 Å². The molecule has 0 saturated carbocycles. The summed E-state index contributed by atoms with van der Waals surface area (Å²) in [4.78, 5) is 13.6. The van der Waals surface area contributed by atoms with Gasteiger partial charge in [0.15, 0.2) is 5.75 Å². The molecular formula is C26H33NO4. The van der Waals surface area contributed by atoms with Gasteiger partial charge >= 0.3 is 0 Å². The Hall–Kier alpha value is -2.95. The number of aromatic nitrogens is 1. The molecule has 0 aliphatic carbocycles. The third-order valence-electron chi connectivity index (χ3n) is 5.95. The molecule has 0 aliphatic heterocycles. The molecule has 2 aromatic carbocycles. The van der Waals surface area contributed by atoms with Gasteiger partial charge in [-0.3, -0.25) is 4.79 Å². The summed E-state index contributed by atoms with van der Waals surface area (Å²) in [6.07, 6.45) is 4.54. The molecule has 0 radical (unpaired) electrons. The number of benzene rings is 2. The van der Waals surface area contributed by atoms with Crippen molar-refractivity contribution in [2.24, 2.45) is 5.92 Å². The Morgan fingerprint density at radius 3 is 2.29 bits per heavy atom. The zero-order valence-corrected chi connectivity index (χ0v) is 19.2. The lowest BCUT2D eigenvalue weighted by Crippen LogP contribution is -2.20. The minimum atomic E-state index is -0.172. The van der Waals surface area contributed by atoms with Gasteiger partial charge in [-0.15, -0.1) is 0 Å². The first-order valence-corrected chi connectivity index (χ1v) is 11.0. The van der Waals surface area contributed by atoms with Crippen LogP contribution >= 0.6 is 0 Å². The average molecular weight is 424 g/mol. The highest BCUT2D eigenvalue weighted by atomic mass is 16.5. The second-order valence-electron chi connectivity index (χ2n) is 7.83. The Labute approximate surface area is 184 Å². The van der Waals surface area contributed by atoms with Gasteiger partial charge in [-0.25, -0.2) is 0 Å². The maximum atomic E-state index is 13.6. The van der Waals surface area contributed by atoms with Crippen molar-refractivity contribution >= 4 is 10.9 Å². The quantitative estimate of drug-likeness (QED) is 0.407. The minimum Gasteiger partial charge on any atom is -0.497 e. The summed E-state index contributed by atoms with van der Waals surface area (Å²) in [6, 6.07) is 13.7. The highest BCUT2D eigenvalue weighted by molar-refractivity contribution is 5.91. The second-order valence-corrected chi connectivity index (χ2v) is 7.83. The molecule has 0 fully saturated rings. The minimum absolute atomic E-state index is 0.172.